The summed E-state index contributed by atoms with van der Waals surface area (Å²) < 4.78 is 100. The van der Waals surface area contributed by atoms with E-state index in [2.05, 4.69) is 36.6 Å². The first-order valence-corrected chi connectivity index (χ1v) is 28.1. The zero-order valence-electron chi connectivity index (χ0n) is 46.4. The van der Waals surface area contributed by atoms with Gasteiger partial charge in [-0.25, -0.2) is 4.39 Å². The Balaban J connectivity index is 0.687. The van der Waals surface area contributed by atoms with Crippen LogP contribution in [-0.4, -0.2) is 152 Å². The van der Waals surface area contributed by atoms with Gasteiger partial charge in [0.2, 0.25) is 23.5 Å². The van der Waals surface area contributed by atoms with Gasteiger partial charge in [0.1, 0.15) is 18.0 Å². The Hall–Kier alpha value is -5.92. The van der Waals surface area contributed by atoms with Gasteiger partial charge in [0.05, 0.1) is 37.9 Å². The summed E-state index contributed by atoms with van der Waals surface area (Å²) in [5.41, 5.74) is -2.25. The number of aliphatic hydroxyl groups excluding tert-OH is 1. The van der Waals surface area contributed by atoms with Gasteiger partial charge in [0.15, 0.2) is 17.2 Å². The van der Waals surface area contributed by atoms with Crippen molar-refractivity contribution in [1.29, 1.82) is 0 Å². The van der Waals surface area contributed by atoms with E-state index in [0.29, 0.717) is 78.0 Å². The topological polar surface area (TPSA) is 241 Å². The van der Waals surface area contributed by atoms with Crippen LogP contribution in [0.5, 0.6) is 5.75 Å². The molecule has 4 heterocycles. The van der Waals surface area contributed by atoms with E-state index in [1.165, 1.54) is 25.3 Å². The lowest BCUT2D eigenvalue weighted by Gasteiger charge is -2.32. The molecule has 0 spiro atoms. The number of pyridine rings is 2. The Bertz CT molecular complexity index is 2570. The second-order valence-electron chi connectivity index (χ2n) is 21.6. The lowest BCUT2D eigenvalue weighted by molar-refractivity contribution is -0.272. The minimum Gasteiger partial charge on any atom is -0.493 e. The molecule has 1 aromatic carbocycles. The maximum atomic E-state index is 14.7. The fourth-order valence-electron chi connectivity index (χ4n) is 11.4. The van der Waals surface area contributed by atoms with Gasteiger partial charge in [-0.3, -0.25) is 39.3 Å². The minimum atomic E-state index is -4.94. The van der Waals surface area contributed by atoms with Crippen LogP contribution in [-0.2, 0) is 38.1 Å². The molecule has 446 valence electrons. The molecule has 81 heavy (non-hydrogen) atoms. The number of aromatic nitrogens is 2. The highest BCUT2D eigenvalue weighted by Crippen LogP contribution is 2.55. The number of likely N-dealkylation sites (tertiary alicyclic amines) is 1. The van der Waals surface area contributed by atoms with Crippen molar-refractivity contribution in [1.82, 2.24) is 36.1 Å². The molecule has 24 heteroatoms. The molecule has 6 N–H and O–H groups in total. The van der Waals surface area contributed by atoms with Crippen molar-refractivity contribution in [2.24, 2.45) is 17.8 Å². The quantitative estimate of drug-likeness (QED) is 0.0275. The number of alkyl halides is 3. The van der Waals surface area contributed by atoms with Gasteiger partial charge in [-0.2, -0.15) is 17.6 Å². The maximum Gasteiger partial charge on any atom is 0.417 e. The zero-order valence-corrected chi connectivity index (χ0v) is 46.4. The van der Waals surface area contributed by atoms with Crippen LogP contribution in [0.15, 0.2) is 55.0 Å². The lowest BCUT2D eigenvalue weighted by atomic mass is 9.77. The van der Waals surface area contributed by atoms with Crippen LogP contribution in [0.2, 0.25) is 0 Å². The van der Waals surface area contributed by atoms with Crippen LogP contribution in [0, 0.1) is 29.4 Å². The van der Waals surface area contributed by atoms with Gasteiger partial charge in [-0.15, -0.1) is 0 Å². The smallest absolute Gasteiger partial charge is 0.417 e. The first-order chi connectivity index (χ1) is 38.8. The molecule has 7 rings (SSSR count). The molecule has 1 unspecified atom stereocenters. The third-order valence-corrected chi connectivity index (χ3v) is 16.2. The summed E-state index contributed by atoms with van der Waals surface area (Å²) in [7, 11) is 2.75. The summed E-state index contributed by atoms with van der Waals surface area (Å²) in [4.78, 5) is 74.8. The van der Waals surface area contributed by atoms with E-state index in [1.54, 1.807) is 30.4 Å². The predicted octanol–water partition coefficient (Wildman–Crippen LogP) is 6.41. The lowest BCUT2D eigenvalue weighted by Crippen LogP contribution is -2.47. The molecule has 2 aliphatic heterocycles. The van der Waals surface area contributed by atoms with Gasteiger partial charge in [0, 0.05) is 107 Å². The second kappa shape index (κ2) is 29.4. The molecule has 0 bridgehead atoms. The normalized spacial score (nSPS) is 26.2. The van der Waals surface area contributed by atoms with Gasteiger partial charge >= 0.3 is 6.18 Å². The van der Waals surface area contributed by atoms with E-state index in [-0.39, 0.29) is 77.8 Å². The Labute approximate surface area is 468 Å². The first-order valence-electron chi connectivity index (χ1n) is 28.1. The van der Waals surface area contributed by atoms with E-state index >= 15 is 0 Å². The molecule has 2 aliphatic carbocycles. The maximum absolute atomic E-state index is 14.7. The summed E-state index contributed by atoms with van der Waals surface area (Å²) in [6.45, 7) is 4.65. The van der Waals surface area contributed by atoms with Crippen molar-refractivity contribution < 1.29 is 74.7 Å². The molecule has 3 aromatic rings. The highest BCUT2D eigenvalue weighted by Gasteiger charge is 2.66. The number of nitrogens with zero attached hydrogens (tertiary/aromatic N) is 3. The zero-order chi connectivity index (χ0) is 58.3. The molecule has 19 nitrogen and oxygen atoms in total. The molecule has 7 atom stereocenters. The molecule has 5 amide bonds. The molecule has 2 aromatic heterocycles. The van der Waals surface area contributed by atoms with Crippen LogP contribution in [0.1, 0.15) is 131 Å². The summed E-state index contributed by atoms with van der Waals surface area (Å²) in [5.74, 6) is -8.64. The molecule has 2 saturated carbocycles. The molecule has 4 aliphatic rings. The Kier molecular flexibility index (Phi) is 22.7. The van der Waals surface area contributed by atoms with Crippen LogP contribution in [0.3, 0.4) is 0 Å². The van der Waals surface area contributed by atoms with E-state index < -0.39 is 71.1 Å². The predicted molar refractivity (Wildman–Crippen MR) is 285 cm³/mol. The third-order valence-electron chi connectivity index (χ3n) is 16.2. The van der Waals surface area contributed by atoms with Crippen LogP contribution < -0.4 is 31.3 Å². The highest BCUT2D eigenvalue weighted by molar-refractivity contribution is 5.98. The number of nitrogens with one attached hydrogen (secondary N) is 5. The third kappa shape index (κ3) is 16.4. The summed E-state index contributed by atoms with van der Waals surface area (Å²) in [5, 5.41) is 25.1. The van der Waals surface area contributed by atoms with Crippen molar-refractivity contribution in [2.75, 3.05) is 65.5 Å². The van der Waals surface area contributed by atoms with E-state index in [0.717, 1.165) is 70.3 Å². The number of aliphatic hydroxyl groups is 1. The number of amides is 5. The van der Waals surface area contributed by atoms with Crippen LogP contribution in [0.4, 0.5) is 27.6 Å². The van der Waals surface area contributed by atoms with E-state index in [1.807, 2.05) is 6.07 Å². The van der Waals surface area contributed by atoms with Crippen molar-refractivity contribution in [3.05, 3.63) is 83.4 Å². The molecule has 4 fully saturated rings. The van der Waals surface area contributed by atoms with Crippen LogP contribution in [0.25, 0.3) is 0 Å². The van der Waals surface area contributed by atoms with E-state index in [9.17, 15) is 51.0 Å². The number of benzene rings is 1. The minimum absolute atomic E-state index is 0.00377. The van der Waals surface area contributed by atoms with Crippen molar-refractivity contribution in [3.63, 3.8) is 0 Å². The summed E-state index contributed by atoms with van der Waals surface area (Å²) in [6.07, 6.45) is 6.31. The van der Waals surface area contributed by atoms with Crippen LogP contribution >= 0.6 is 0 Å². The number of ether oxygens (including phenoxy) is 5. The number of hydrogen-bond donors (Lipinski definition) is 6. The Morgan fingerprint density at radius 1 is 0.852 bits per heavy atom. The van der Waals surface area contributed by atoms with Gasteiger partial charge in [0.25, 0.3) is 11.8 Å². The fourth-order valence-corrected chi connectivity index (χ4v) is 11.4. The molecular formula is C57H77F5N8O11. The van der Waals surface area contributed by atoms with Gasteiger partial charge in [-0.1, -0.05) is 19.1 Å². The number of rotatable bonds is 27. The number of hydrogen-bond acceptors (Lipinski definition) is 14. The monoisotopic (exact) mass is 1140 g/mol. The van der Waals surface area contributed by atoms with Gasteiger partial charge in [-0.05, 0) is 114 Å². The largest absolute Gasteiger partial charge is 0.493 e. The number of halogens is 5. The van der Waals surface area contributed by atoms with Crippen molar-refractivity contribution in [3.8, 4) is 5.75 Å². The molecule has 0 radical (unpaired) electrons. The number of methoxy groups -OCH3 is 1. The second-order valence-corrected chi connectivity index (χ2v) is 21.6. The Morgan fingerprint density at radius 2 is 1.53 bits per heavy atom. The number of carbonyl (C=O) groups excluding carboxylic acids is 5. The fraction of sp³-hybridized carbons (Fsp3) is 0.632. The highest BCUT2D eigenvalue weighted by atomic mass is 19.4. The molecular weight excluding hydrogens is 1070 g/mol. The molecule has 2 saturated heterocycles. The van der Waals surface area contributed by atoms with Crippen molar-refractivity contribution in [2.45, 2.75) is 152 Å². The first kappa shape index (κ1) is 62.7. The van der Waals surface area contributed by atoms with Gasteiger partial charge < -0.3 is 55.0 Å². The standard InChI is InChI=1S/C57H77F5N8O11/c1-34-47(41-19-20-43(58)48(59)50(41)77-4)51(81-56(34,2)57(60,61)62)55(76)69-38-21-25-64-44(31-38)54(75)66-24-8-28-78-27-7-23-65-52(73)35-11-13-37(14-12-35)68-45(71)10-6-29-79-39-15-17-40(18-16-39)80-30-26-67-53(74)42-32-46(72)70(3)49(42)36-9-5-22-63-33-36/h5,9,19-22,25,31,33-35,37,39-40,42,45,47,49,51,68,71H,6-8,10-18,23-24,26-30,32H2,1-4H3,(H,65,73)(H,66,75)(H,67,74)(H,64,69,76)/t34-,35?,37?,39?,40?,42-,45?,47-,49+,51+,56+/m0/s1. The summed E-state index contributed by atoms with van der Waals surface area (Å²) >= 11 is 0. The van der Waals surface area contributed by atoms with Crippen molar-refractivity contribution >= 4 is 35.2 Å². The Morgan fingerprint density at radius 3 is 2.20 bits per heavy atom. The summed E-state index contributed by atoms with van der Waals surface area (Å²) in [6, 6.07) is 7.84. The average molecular weight is 1150 g/mol. The average Bonchev–Trinajstić information content (AvgIpc) is 4.17. The number of anilines is 1. The SMILES string of the molecule is COc1c([C@H]2[C@H](C(=O)Nc3ccnc(C(=O)NCCCOCCCNC(=O)C4CCC(NC(O)CCCOC5CCC(OCCNC(=O)[C@H]6CC(=O)N(C)[C@@H]6c6cccnc6)CC5)CC4)c3)O[C@@](C)(C(F)(F)F)[C@H]2C)ccc(F)c1F. The van der Waals surface area contributed by atoms with E-state index in [4.69, 9.17) is 23.7 Å². The number of carbonyl (C=O) groups is 5.